The van der Waals surface area contributed by atoms with Gasteiger partial charge in [0.1, 0.15) is 23.9 Å². The Morgan fingerprint density at radius 2 is 1.77 bits per heavy atom. The molecule has 0 unspecified atom stereocenters. The van der Waals surface area contributed by atoms with Gasteiger partial charge in [-0.05, 0) is 44.2 Å². The molecule has 1 aliphatic heterocycles. The summed E-state index contributed by atoms with van der Waals surface area (Å²) >= 11 is 0. The molecule has 4 rings (SSSR count). The van der Waals surface area contributed by atoms with Crippen LogP contribution >= 0.6 is 0 Å². The van der Waals surface area contributed by atoms with Crippen LogP contribution in [-0.4, -0.2) is 47.0 Å². The summed E-state index contributed by atoms with van der Waals surface area (Å²) in [6.45, 7) is 7.36. The zero-order valence-corrected chi connectivity index (χ0v) is 17.8. The summed E-state index contributed by atoms with van der Waals surface area (Å²) in [5.41, 5.74) is 3.08. The zero-order valence-electron chi connectivity index (χ0n) is 17.8. The number of amides is 1. The number of aromatic nitrogens is 1. The van der Waals surface area contributed by atoms with E-state index >= 15 is 0 Å². The van der Waals surface area contributed by atoms with Gasteiger partial charge in [-0.25, -0.2) is 4.39 Å². The van der Waals surface area contributed by atoms with E-state index in [0.717, 1.165) is 30.1 Å². The first-order chi connectivity index (χ1) is 15.0. The zero-order chi connectivity index (χ0) is 21.8. The molecule has 162 valence electrons. The van der Waals surface area contributed by atoms with Crippen LogP contribution in [0.15, 0.2) is 53.1 Å². The minimum absolute atomic E-state index is 0.00261. The molecular formula is C24H26FN3O3. The van der Waals surface area contributed by atoms with Gasteiger partial charge in [0.15, 0.2) is 0 Å². The molecule has 7 heteroatoms. The first kappa shape index (κ1) is 21.1. The van der Waals surface area contributed by atoms with Crippen molar-refractivity contribution in [3.8, 4) is 5.75 Å². The smallest absolute Gasteiger partial charge is 0.253 e. The fraction of sp³-hybridized carbons (Fsp3) is 0.333. The number of rotatable bonds is 6. The Balaban J connectivity index is 1.29. The number of carbonyl (C=O) groups excluding carboxylic acids is 1. The van der Waals surface area contributed by atoms with Crippen LogP contribution < -0.4 is 4.74 Å². The van der Waals surface area contributed by atoms with E-state index in [1.165, 1.54) is 6.07 Å². The fourth-order valence-corrected chi connectivity index (χ4v) is 3.72. The van der Waals surface area contributed by atoms with Gasteiger partial charge in [0, 0.05) is 43.9 Å². The van der Waals surface area contributed by atoms with Gasteiger partial charge in [0.25, 0.3) is 5.91 Å². The molecule has 0 saturated carbocycles. The first-order valence-electron chi connectivity index (χ1n) is 10.4. The lowest BCUT2D eigenvalue weighted by Gasteiger charge is -2.34. The molecule has 0 atom stereocenters. The number of nitrogens with zero attached hydrogens (tertiary/aromatic N) is 3. The Bertz CT molecular complexity index is 1020. The van der Waals surface area contributed by atoms with Gasteiger partial charge in [-0.2, -0.15) is 0 Å². The number of hydrogen-bond donors (Lipinski definition) is 0. The lowest BCUT2D eigenvalue weighted by Crippen LogP contribution is -2.48. The number of aryl methyl sites for hydroxylation is 2. The molecule has 0 radical (unpaired) electrons. The summed E-state index contributed by atoms with van der Waals surface area (Å²) in [5.74, 6) is 1.25. The van der Waals surface area contributed by atoms with Crippen LogP contribution in [0.5, 0.6) is 5.75 Å². The second-order valence-electron chi connectivity index (χ2n) is 7.78. The van der Waals surface area contributed by atoms with Crippen molar-refractivity contribution in [2.45, 2.75) is 27.0 Å². The van der Waals surface area contributed by atoms with E-state index < -0.39 is 0 Å². The number of halogens is 1. The van der Waals surface area contributed by atoms with Crippen molar-refractivity contribution in [3.63, 3.8) is 0 Å². The van der Waals surface area contributed by atoms with Gasteiger partial charge in [-0.15, -0.1) is 0 Å². The highest BCUT2D eigenvalue weighted by Crippen LogP contribution is 2.19. The molecule has 0 aliphatic carbocycles. The maximum atomic E-state index is 13.9. The van der Waals surface area contributed by atoms with Crippen molar-refractivity contribution in [1.29, 1.82) is 0 Å². The minimum atomic E-state index is -0.183. The number of hydrogen-bond acceptors (Lipinski definition) is 5. The third-order valence-corrected chi connectivity index (χ3v) is 5.68. The SMILES string of the molecule is Cc1noc(C)c1COc1ccc(C(=O)N2CCN(Cc3ccccc3F)CC2)cc1. The van der Waals surface area contributed by atoms with Gasteiger partial charge >= 0.3 is 0 Å². The molecule has 1 saturated heterocycles. The fourth-order valence-electron chi connectivity index (χ4n) is 3.72. The summed E-state index contributed by atoms with van der Waals surface area (Å²) < 4.78 is 24.8. The number of piperazine rings is 1. The molecule has 1 aliphatic rings. The summed E-state index contributed by atoms with van der Waals surface area (Å²) in [6.07, 6.45) is 0. The molecule has 6 nitrogen and oxygen atoms in total. The van der Waals surface area contributed by atoms with E-state index in [9.17, 15) is 9.18 Å². The Morgan fingerprint density at radius 3 is 2.42 bits per heavy atom. The van der Waals surface area contributed by atoms with Crippen molar-refractivity contribution in [2.75, 3.05) is 26.2 Å². The lowest BCUT2D eigenvalue weighted by atomic mass is 10.1. The van der Waals surface area contributed by atoms with Crippen molar-refractivity contribution >= 4 is 5.91 Å². The van der Waals surface area contributed by atoms with Gasteiger partial charge in [-0.3, -0.25) is 9.69 Å². The highest BCUT2D eigenvalue weighted by molar-refractivity contribution is 5.94. The van der Waals surface area contributed by atoms with E-state index in [1.54, 1.807) is 30.3 Å². The van der Waals surface area contributed by atoms with Crippen molar-refractivity contribution < 1.29 is 18.4 Å². The molecule has 1 amide bonds. The lowest BCUT2D eigenvalue weighted by molar-refractivity contribution is 0.0627. The first-order valence-corrected chi connectivity index (χ1v) is 10.4. The minimum Gasteiger partial charge on any atom is -0.489 e. The summed E-state index contributed by atoms with van der Waals surface area (Å²) in [4.78, 5) is 16.9. The van der Waals surface area contributed by atoms with Crippen LogP contribution in [0.3, 0.4) is 0 Å². The highest BCUT2D eigenvalue weighted by Gasteiger charge is 2.22. The quantitative estimate of drug-likeness (QED) is 0.601. The number of carbonyl (C=O) groups is 1. The van der Waals surface area contributed by atoms with Crippen LogP contribution in [0.4, 0.5) is 4.39 Å². The third kappa shape index (κ3) is 4.94. The molecular weight excluding hydrogens is 397 g/mol. The van der Waals surface area contributed by atoms with Gasteiger partial charge in [0.05, 0.1) is 11.3 Å². The molecule has 0 spiro atoms. The highest BCUT2D eigenvalue weighted by atomic mass is 19.1. The number of ether oxygens (including phenoxy) is 1. The third-order valence-electron chi connectivity index (χ3n) is 5.68. The average molecular weight is 423 g/mol. The van der Waals surface area contributed by atoms with E-state index in [0.29, 0.717) is 43.1 Å². The van der Waals surface area contributed by atoms with Gasteiger partial charge in [0.2, 0.25) is 0 Å². The standard InChI is InChI=1S/C24H26FN3O3/c1-17-22(18(2)31-26-17)16-30-21-9-7-19(8-10-21)24(29)28-13-11-27(12-14-28)15-20-5-3-4-6-23(20)25/h3-10H,11-16H2,1-2H3. The molecule has 1 fully saturated rings. The van der Waals surface area contributed by atoms with Gasteiger partial charge in [-0.1, -0.05) is 23.4 Å². The van der Waals surface area contributed by atoms with Crippen molar-refractivity contribution in [1.82, 2.24) is 15.0 Å². The Morgan fingerprint density at radius 1 is 1.06 bits per heavy atom. The predicted molar refractivity (Wildman–Crippen MR) is 114 cm³/mol. The maximum absolute atomic E-state index is 13.9. The average Bonchev–Trinajstić information content (AvgIpc) is 3.11. The Kier molecular flexibility index (Phi) is 6.32. The Labute approximate surface area is 181 Å². The normalized spacial score (nSPS) is 14.6. The van der Waals surface area contributed by atoms with E-state index in [1.807, 2.05) is 30.9 Å². The van der Waals surface area contributed by atoms with Crippen LogP contribution in [0.1, 0.15) is 32.9 Å². The van der Waals surface area contributed by atoms with E-state index in [4.69, 9.17) is 9.26 Å². The van der Waals surface area contributed by atoms with Crippen molar-refractivity contribution in [2.24, 2.45) is 0 Å². The monoisotopic (exact) mass is 423 g/mol. The predicted octanol–water partition coefficient (Wildman–Crippen LogP) is 3.97. The number of benzene rings is 2. The summed E-state index contributed by atoms with van der Waals surface area (Å²) in [7, 11) is 0. The topological polar surface area (TPSA) is 58.8 Å². The van der Waals surface area contributed by atoms with Crippen LogP contribution in [-0.2, 0) is 13.2 Å². The molecule has 3 aromatic rings. The molecule has 1 aromatic heterocycles. The molecule has 0 bridgehead atoms. The summed E-state index contributed by atoms with van der Waals surface area (Å²) in [5, 5.41) is 3.92. The maximum Gasteiger partial charge on any atom is 0.253 e. The summed E-state index contributed by atoms with van der Waals surface area (Å²) in [6, 6.07) is 14.0. The second-order valence-corrected chi connectivity index (χ2v) is 7.78. The second kappa shape index (κ2) is 9.31. The van der Waals surface area contributed by atoms with Gasteiger partial charge < -0.3 is 14.2 Å². The van der Waals surface area contributed by atoms with E-state index in [-0.39, 0.29) is 11.7 Å². The molecule has 31 heavy (non-hydrogen) atoms. The van der Waals surface area contributed by atoms with Crippen LogP contribution in [0, 0.1) is 19.7 Å². The van der Waals surface area contributed by atoms with Crippen LogP contribution in [0.25, 0.3) is 0 Å². The largest absolute Gasteiger partial charge is 0.489 e. The molecule has 0 N–H and O–H groups in total. The van der Waals surface area contributed by atoms with Crippen LogP contribution in [0.2, 0.25) is 0 Å². The Hall–Kier alpha value is -3.19. The van der Waals surface area contributed by atoms with Crippen molar-refractivity contribution in [3.05, 3.63) is 82.5 Å². The van der Waals surface area contributed by atoms with E-state index in [2.05, 4.69) is 10.1 Å². The molecule has 2 aromatic carbocycles. The molecule has 2 heterocycles.